The molecular formula is C17H22N4O4. The Balaban J connectivity index is 2.27. The van der Waals surface area contributed by atoms with Crippen LogP contribution in [0, 0.1) is 20.2 Å². The maximum Gasteiger partial charge on any atom is 0.300 e. The molecule has 8 heteroatoms. The fraction of sp³-hybridized carbons (Fsp3) is 0.412. The zero-order valence-corrected chi connectivity index (χ0v) is 14.4. The number of anilines is 1. The van der Waals surface area contributed by atoms with Gasteiger partial charge in [-0.1, -0.05) is 12.0 Å². The average Bonchev–Trinajstić information content (AvgIpc) is 2.58. The highest BCUT2D eigenvalue weighted by Gasteiger charge is 2.19. The zero-order valence-electron chi connectivity index (χ0n) is 14.4. The molecule has 8 nitrogen and oxygen atoms in total. The number of non-ortho nitro benzene ring substituents is 1. The van der Waals surface area contributed by atoms with E-state index in [-0.39, 0.29) is 17.1 Å². The lowest BCUT2D eigenvalue weighted by atomic mass is 9.93. The Bertz CT molecular complexity index is 728. The monoisotopic (exact) mass is 346 g/mol. The van der Waals surface area contributed by atoms with Crippen molar-refractivity contribution in [3.8, 4) is 0 Å². The number of nitro groups is 2. The van der Waals surface area contributed by atoms with Gasteiger partial charge >= 0.3 is 5.69 Å². The number of hydrazine groups is 1. The van der Waals surface area contributed by atoms with Gasteiger partial charge in [-0.25, -0.2) is 0 Å². The number of nitrogens with zero attached hydrogens (tertiary/aromatic N) is 2. The lowest BCUT2D eigenvalue weighted by molar-refractivity contribution is -0.393. The Morgan fingerprint density at radius 2 is 1.76 bits per heavy atom. The number of allylic oxidation sites excluding steroid dienone is 3. The normalized spacial score (nSPS) is 13.8. The largest absolute Gasteiger partial charge is 0.301 e. The van der Waals surface area contributed by atoms with Gasteiger partial charge in [-0.15, -0.1) is 0 Å². The van der Waals surface area contributed by atoms with Crippen LogP contribution in [0.1, 0.15) is 46.0 Å². The second-order valence-corrected chi connectivity index (χ2v) is 6.27. The van der Waals surface area contributed by atoms with Gasteiger partial charge in [0.05, 0.1) is 21.6 Å². The standard InChI is InChI=1S/C17H22N4O4/c1-12(2)10-16(13-6-4-3-5-7-13)19-18-15-9-8-14(20(22)23)11-17(15)21(24)25/h8-11,18-19H,3-7H2,1-2H3. The van der Waals surface area contributed by atoms with Crippen molar-refractivity contribution >= 4 is 17.1 Å². The van der Waals surface area contributed by atoms with Gasteiger partial charge in [0.1, 0.15) is 5.69 Å². The minimum absolute atomic E-state index is 0.187. The molecule has 0 amide bonds. The van der Waals surface area contributed by atoms with Crippen LogP contribution in [0.25, 0.3) is 0 Å². The van der Waals surface area contributed by atoms with Crippen molar-refractivity contribution in [3.63, 3.8) is 0 Å². The van der Waals surface area contributed by atoms with Crippen LogP contribution in [-0.4, -0.2) is 9.85 Å². The summed E-state index contributed by atoms with van der Waals surface area (Å²) >= 11 is 0. The van der Waals surface area contributed by atoms with Crippen molar-refractivity contribution in [1.29, 1.82) is 0 Å². The molecule has 0 atom stereocenters. The Morgan fingerprint density at radius 1 is 1.08 bits per heavy atom. The number of benzene rings is 1. The Kier molecular flexibility index (Phi) is 6.10. The maximum absolute atomic E-state index is 11.2. The molecule has 0 unspecified atom stereocenters. The van der Waals surface area contributed by atoms with Crippen molar-refractivity contribution < 1.29 is 9.85 Å². The summed E-state index contributed by atoms with van der Waals surface area (Å²) in [5.74, 6) is 0. The highest BCUT2D eigenvalue weighted by molar-refractivity contribution is 5.65. The quantitative estimate of drug-likeness (QED) is 0.575. The molecule has 0 radical (unpaired) electrons. The Morgan fingerprint density at radius 3 is 2.32 bits per heavy atom. The second-order valence-electron chi connectivity index (χ2n) is 6.27. The lowest BCUT2D eigenvalue weighted by Gasteiger charge is -2.20. The van der Waals surface area contributed by atoms with Gasteiger partial charge in [-0.3, -0.25) is 25.7 Å². The molecule has 1 saturated carbocycles. The van der Waals surface area contributed by atoms with Crippen LogP contribution in [-0.2, 0) is 0 Å². The molecule has 0 bridgehead atoms. The summed E-state index contributed by atoms with van der Waals surface area (Å²) in [4.78, 5) is 20.7. The molecule has 1 aliphatic rings. The number of hydrogen-bond donors (Lipinski definition) is 2. The minimum atomic E-state index is -0.650. The topological polar surface area (TPSA) is 110 Å². The first-order valence-corrected chi connectivity index (χ1v) is 8.20. The molecule has 0 aromatic heterocycles. The second kappa shape index (κ2) is 8.27. The molecular weight excluding hydrogens is 324 g/mol. The van der Waals surface area contributed by atoms with Crippen LogP contribution in [0.3, 0.4) is 0 Å². The van der Waals surface area contributed by atoms with E-state index in [1.54, 1.807) is 0 Å². The van der Waals surface area contributed by atoms with E-state index >= 15 is 0 Å². The van der Waals surface area contributed by atoms with Gasteiger partial charge in [-0.2, -0.15) is 0 Å². The summed E-state index contributed by atoms with van der Waals surface area (Å²) in [7, 11) is 0. The fourth-order valence-electron chi connectivity index (χ4n) is 2.79. The van der Waals surface area contributed by atoms with Crippen LogP contribution in [0.5, 0.6) is 0 Å². The van der Waals surface area contributed by atoms with Crippen LogP contribution in [0.4, 0.5) is 17.1 Å². The van der Waals surface area contributed by atoms with E-state index in [9.17, 15) is 20.2 Å². The molecule has 0 spiro atoms. The summed E-state index contributed by atoms with van der Waals surface area (Å²) in [5, 5.41) is 22.0. The Hall–Kier alpha value is -2.90. The molecule has 0 heterocycles. The van der Waals surface area contributed by atoms with Crippen molar-refractivity contribution in [3.05, 3.63) is 61.3 Å². The van der Waals surface area contributed by atoms with Gasteiger partial charge in [0.15, 0.2) is 0 Å². The lowest BCUT2D eigenvalue weighted by Crippen LogP contribution is -2.23. The van der Waals surface area contributed by atoms with E-state index in [0.717, 1.165) is 43.0 Å². The predicted octanol–water partition coefficient (Wildman–Crippen LogP) is 4.60. The molecule has 2 rings (SSSR count). The van der Waals surface area contributed by atoms with Crippen LogP contribution in [0.15, 0.2) is 41.1 Å². The first-order valence-electron chi connectivity index (χ1n) is 8.20. The molecule has 1 aromatic carbocycles. The van der Waals surface area contributed by atoms with Gasteiger partial charge < -0.3 is 5.43 Å². The van der Waals surface area contributed by atoms with Gasteiger partial charge in [0.2, 0.25) is 0 Å². The molecule has 25 heavy (non-hydrogen) atoms. The summed E-state index contributed by atoms with van der Waals surface area (Å²) in [6, 6.07) is 3.54. The van der Waals surface area contributed by atoms with E-state index in [1.807, 2.05) is 19.9 Å². The fourth-order valence-corrected chi connectivity index (χ4v) is 2.79. The third-order valence-electron chi connectivity index (χ3n) is 3.99. The van der Waals surface area contributed by atoms with E-state index in [1.165, 1.54) is 24.1 Å². The van der Waals surface area contributed by atoms with Crippen molar-refractivity contribution in [1.82, 2.24) is 5.43 Å². The smallest absolute Gasteiger partial charge is 0.300 e. The van der Waals surface area contributed by atoms with E-state index in [2.05, 4.69) is 10.9 Å². The molecule has 0 aliphatic heterocycles. The zero-order chi connectivity index (χ0) is 18.4. The molecule has 0 saturated heterocycles. The molecule has 1 aromatic rings. The molecule has 2 N–H and O–H groups in total. The van der Waals surface area contributed by atoms with Crippen molar-refractivity contribution in [2.75, 3.05) is 5.43 Å². The number of rotatable bonds is 6. The highest BCUT2D eigenvalue weighted by Crippen LogP contribution is 2.29. The summed E-state index contributed by atoms with van der Waals surface area (Å²) in [6.07, 6.45) is 7.48. The third-order valence-corrected chi connectivity index (χ3v) is 3.99. The van der Waals surface area contributed by atoms with Crippen molar-refractivity contribution in [2.45, 2.75) is 46.0 Å². The summed E-state index contributed by atoms with van der Waals surface area (Å²) in [6.45, 7) is 3.97. The van der Waals surface area contributed by atoms with Gasteiger partial charge in [0.25, 0.3) is 5.69 Å². The van der Waals surface area contributed by atoms with E-state index < -0.39 is 9.85 Å². The predicted molar refractivity (Wildman–Crippen MR) is 96.1 cm³/mol. The number of nitro benzene ring substituents is 2. The molecule has 1 aliphatic carbocycles. The van der Waals surface area contributed by atoms with Gasteiger partial charge in [-0.05, 0) is 57.2 Å². The molecule has 134 valence electrons. The van der Waals surface area contributed by atoms with Gasteiger partial charge in [0, 0.05) is 6.07 Å². The van der Waals surface area contributed by atoms with Crippen LogP contribution >= 0.6 is 0 Å². The van der Waals surface area contributed by atoms with Crippen molar-refractivity contribution in [2.24, 2.45) is 0 Å². The van der Waals surface area contributed by atoms with Crippen LogP contribution in [0.2, 0.25) is 0 Å². The average molecular weight is 346 g/mol. The highest BCUT2D eigenvalue weighted by atomic mass is 16.6. The third kappa shape index (κ3) is 5.03. The maximum atomic E-state index is 11.2. The number of nitrogens with one attached hydrogen (secondary N) is 2. The minimum Gasteiger partial charge on any atom is -0.301 e. The van der Waals surface area contributed by atoms with E-state index in [0.29, 0.717) is 0 Å². The molecule has 1 fully saturated rings. The number of hydrogen-bond acceptors (Lipinski definition) is 6. The summed E-state index contributed by atoms with van der Waals surface area (Å²) in [5.41, 5.74) is 8.74. The summed E-state index contributed by atoms with van der Waals surface area (Å²) < 4.78 is 0. The Labute approximate surface area is 145 Å². The van der Waals surface area contributed by atoms with E-state index in [4.69, 9.17) is 0 Å². The first-order chi connectivity index (χ1) is 11.9. The first kappa shape index (κ1) is 18.4. The SMILES string of the molecule is CC(C)=CC(NNc1ccc([N+](=O)[O-])cc1[N+](=O)[O-])=C1CCCCC1. The van der Waals surface area contributed by atoms with Crippen LogP contribution < -0.4 is 10.9 Å².